The lowest BCUT2D eigenvalue weighted by atomic mass is 10.1. The lowest BCUT2D eigenvalue weighted by Crippen LogP contribution is -2.47. The van der Waals surface area contributed by atoms with Crippen molar-refractivity contribution in [2.24, 2.45) is 0 Å². The van der Waals surface area contributed by atoms with Crippen LogP contribution in [0.25, 0.3) is 0 Å². The molecule has 1 fully saturated rings. The molecule has 1 aliphatic rings. The van der Waals surface area contributed by atoms with Crippen LogP contribution in [0.5, 0.6) is 11.5 Å². The lowest BCUT2D eigenvalue weighted by Gasteiger charge is -2.38. The van der Waals surface area contributed by atoms with Gasteiger partial charge in [0.25, 0.3) is 5.91 Å². The maximum atomic E-state index is 13.0. The molecule has 0 bridgehead atoms. The highest BCUT2D eigenvalue weighted by Gasteiger charge is 2.27. The summed E-state index contributed by atoms with van der Waals surface area (Å²) < 4.78 is 5.43. The lowest BCUT2D eigenvalue weighted by molar-refractivity contribution is 0.0828. The zero-order valence-electron chi connectivity index (χ0n) is 18.2. The van der Waals surface area contributed by atoms with Crippen LogP contribution in [0.1, 0.15) is 23.7 Å². The van der Waals surface area contributed by atoms with E-state index in [4.69, 9.17) is 4.74 Å². The topological polar surface area (TPSA) is 81.2 Å². The molecule has 0 aliphatic carbocycles. The maximum Gasteiger partial charge on any atom is 0.259 e. The maximum absolute atomic E-state index is 13.0. The van der Waals surface area contributed by atoms with E-state index in [0.717, 1.165) is 50.5 Å². The Balaban J connectivity index is 1.84. The van der Waals surface area contributed by atoms with Crippen molar-refractivity contribution in [1.82, 2.24) is 9.88 Å². The van der Waals surface area contributed by atoms with E-state index in [1.165, 1.54) is 0 Å². The summed E-state index contributed by atoms with van der Waals surface area (Å²) >= 11 is 0. The molecule has 8 nitrogen and oxygen atoms in total. The van der Waals surface area contributed by atoms with Crippen LogP contribution in [0.4, 0.5) is 17.2 Å². The van der Waals surface area contributed by atoms with Gasteiger partial charge < -0.3 is 29.9 Å². The normalized spacial score (nSPS) is 13.9. The molecule has 1 saturated heterocycles. The number of hydrogen-bond acceptors (Lipinski definition) is 7. The number of anilines is 3. The molecule has 2 heterocycles. The minimum atomic E-state index is -0.0562. The van der Waals surface area contributed by atoms with Gasteiger partial charge in [-0.15, -0.1) is 0 Å². The van der Waals surface area contributed by atoms with E-state index in [1.54, 1.807) is 44.4 Å². The number of rotatable bonds is 7. The van der Waals surface area contributed by atoms with E-state index in [9.17, 15) is 9.90 Å². The van der Waals surface area contributed by atoms with E-state index in [0.29, 0.717) is 17.1 Å². The first-order valence-electron chi connectivity index (χ1n) is 10.3. The second-order valence-electron chi connectivity index (χ2n) is 7.51. The third kappa shape index (κ3) is 4.53. The van der Waals surface area contributed by atoms with Crippen LogP contribution in [0.15, 0.2) is 30.5 Å². The predicted octanol–water partition coefficient (Wildman–Crippen LogP) is 2.65. The Labute approximate surface area is 178 Å². The van der Waals surface area contributed by atoms with E-state index in [2.05, 4.69) is 27.0 Å². The van der Waals surface area contributed by atoms with Crippen LogP contribution in [0.3, 0.4) is 0 Å². The fourth-order valence-electron chi connectivity index (χ4n) is 3.62. The minimum Gasteiger partial charge on any atom is -0.508 e. The monoisotopic (exact) mass is 413 g/mol. The summed E-state index contributed by atoms with van der Waals surface area (Å²) in [6.07, 6.45) is 2.73. The molecule has 0 spiro atoms. The SMILES string of the molecule is CCCNc1ccnc(N2CCN(c3ccc(O)cc3OC)CC2)c1C(=O)N(C)C. The summed E-state index contributed by atoms with van der Waals surface area (Å²) in [4.78, 5) is 23.5. The smallest absolute Gasteiger partial charge is 0.259 e. The number of methoxy groups -OCH3 is 1. The number of benzene rings is 1. The highest BCUT2D eigenvalue weighted by atomic mass is 16.5. The summed E-state index contributed by atoms with van der Waals surface area (Å²) in [7, 11) is 5.13. The molecule has 1 amide bonds. The summed E-state index contributed by atoms with van der Waals surface area (Å²) in [5, 5.41) is 13.1. The molecule has 0 atom stereocenters. The highest BCUT2D eigenvalue weighted by Crippen LogP contribution is 2.33. The first-order chi connectivity index (χ1) is 14.5. The Morgan fingerprint density at radius 3 is 2.53 bits per heavy atom. The van der Waals surface area contributed by atoms with E-state index >= 15 is 0 Å². The number of carbonyl (C=O) groups is 1. The standard InChI is InChI=1S/C22H31N5O3/c1-5-9-23-17-8-10-24-21(20(17)22(29)25(2)3)27-13-11-26(12-14-27)18-7-6-16(28)15-19(18)30-4/h6-8,10,15,28H,5,9,11-14H2,1-4H3,(H,23,24). The summed E-state index contributed by atoms with van der Waals surface area (Å²) in [6.45, 7) is 5.85. The van der Waals surface area contributed by atoms with Gasteiger partial charge in [0.2, 0.25) is 0 Å². The van der Waals surface area contributed by atoms with Gasteiger partial charge in [-0.05, 0) is 24.6 Å². The van der Waals surface area contributed by atoms with Crippen molar-refractivity contribution in [3.63, 3.8) is 0 Å². The van der Waals surface area contributed by atoms with Crippen molar-refractivity contribution in [3.05, 3.63) is 36.0 Å². The van der Waals surface area contributed by atoms with Crippen molar-refractivity contribution in [2.45, 2.75) is 13.3 Å². The molecular weight excluding hydrogens is 382 g/mol. The quantitative estimate of drug-likeness (QED) is 0.722. The van der Waals surface area contributed by atoms with Gasteiger partial charge in [-0.25, -0.2) is 4.98 Å². The van der Waals surface area contributed by atoms with Crippen LogP contribution in [0, 0.1) is 0 Å². The fourth-order valence-corrected chi connectivity index (χ4v) is 3.62. The molecule has 0 unspecified atom stereocenters. The van der Waals surface area contributed by atoms with Crippen molar-refractivity contribution in [2.75, 3.05) is 69.0 Å². The molecule has 2 N–H and O–H groups in total. The molecular formula is C22H31N5O3. The van der Waals surface area contributed by atoms with Gasteiger partial charge in [-0.3, -0.25) is 4.79 Å². The summed E-state index contributed by atoms with van der Waals surface area (Å²) in [6, 6.07) is 7.04. The van der Waals surface area contributed by atoms with Gasteiger partial charge in [0.05, 0.1) is 18.5 Å². The average molecular weight is 414 g/mol. The Morgan fingerprint density at radius 1 is 1.20 bits per heavy atom. The van der Waals surface area contributed by atoms with Gasteiger partial charge in [0.15, 0.2) is 0 Å². The molecule has 0 saturated carbocycles. The van der Waals surface area contributed by atoms with Crippen LogP contribution in [-0.2, 0) is 0 Å². The largest absolute Gasteiger partial charge is 0.508 e. The molecule has 2 aromatic rings. The van der Waals surface area contributed by atoms with Crippen LogP contribution < -0.4 is 19.9 Å². The average Bonchev–Trinajstić information content (AvgIpc) is 2.76. The van der Waals surface area contributed by atoms with Crippen molar-refractivity contribution < 1.29 is 14.6 Å². The number of amides is 1. The van der Waals surface area contributed by atoms with E-state index < -0.39 is 0 Å². The van der Waals surface area contributed by atoms with Gasteiger partial charge >= 0.3 is 0 Å². The van der Waals surface area contributed by atoms with Crippen molar-refractivity contribution in [3.8, 4) is 11.5 Å². The summed E-state index contributed by atoms with van der Waals surface area (Å²) in [5.74, 6) is 1.49. The van der Waals surface area contributed by atoms with Crippen LogP contribution in [0.2, 0.25) is 0 Å². The van der Waals surface area contributed by atoms with Gasteiger partial charge in [0.1, 0.15) is 22.9 Å². The van der Waals surface area contributed by atoms with Gasteiger partial charge in [-0.2, -0.15) is 0 Å². The number of aromatic hydroxyl groups is 1. The van der Waals surface area contributed by atoms with Crippen molar-refractivity contribution >= 4 is 23.1 Å². The molecule has 0 radical (unpaired) electrons. The first kappa shape index (κ1) is 21.5. The van der Waals surface area contributed by atoms with E-state index in [1.807, 2.05) is 12.1 Å². The summed E-state index contributed by atoms with van der Waals surface area (Å²) in [5.41, 5.74) is 2.39. The number of pyridine rings is 1. The molecule has 162 valence electrons. The molecule has 1 aromatic carbocycles. The molecule has 1 aliphatic heterocycles. The molecule has 1 aromatic heterocycles. The predicted molar refractivity (Wildman–Crippen MR) is 120 cm³/mol. The number of nitrogens with zero attached hydrogens (tertiary/aromatic N) is 4. The molecule has 30 heavy (non-hydrogen) atoms. The van der Waals surface area contributed by atoms with Gasteiger partial charge in [0, 0.05) is 59.1 Å². The second kappa shape index (κ2) is 9.56. The number of nitrogens with one attached hydrogen (secondary N) is 1. The Kier molecular flexibility index (Phi) is 6.87. The Bertz CT molecular complexity index is 879. The molecule has 8 heteroatoms. The van der Waals surface area contributed by atoms with Crippen LogP contribution in [-0.4, -0.2) is 74.8 Å². The fraction of sp³-hybridized carbons (Fsp3) is 0.455. The number of phenolic OH excluding ortho intramolecular Hbond substituents is 1. The number of ether oxygens (including phenoxy) is 1. The highest BCUT2D eigenvalue weighted by molar-refractivity contribution is 6.04. The third-order valence-corrected chi connectivity index (χ3v) is 5.20. The Hall–Kier alpha value is -3.16. The third-order valence-electron chi connectivity index (χ3n) is 5.20. The number of carbonyl (C=O) groups excluding carboxylic acids is 1. The molecule has 3 rings (SSSR count). The minimum absolute atomic E-state index is 0.0562. The number of aromatic nitrogens is 1. The first-order valence-corrected chi connectivity index (χ1v) is 10.3. The zero-order chi connectivity index (χ0) is 21.7. The number of piperazine rings is 1. The number of phenols is 1. The van der Waals surface area contributed by atoms with E-state index in [-0.39, 0.29) is 11.7 Å². The second-order valence-corrected chi connectivity index (χ2v) is 7.51. The Morgan fingerprint density at radius 2 is 1.90 bits per heavy atom. The number of hydrogen-bond donors (Lipinski definition) is 2. The van der Waals surface area contributed by atoms with Crippen molar-refractivity contribution in [1.29, 1.82) is 0 Å². The van der Waals surface area contributed by atoms with Crippen LogP contribution >= 0.6 is 0 Å². The van der Waals surface area contributed by atoms with Gasteiger partial charge in [-0.1, -0.05) is 6.92 Å². The zero-order valence-corrected chi connectivity index (χ0v) is 18.2.